The van der Waals surface area contributed by atoms with Gasteiger partial charge >= 0.3 is 6.09 Å². The molecule has 10 heteroatoms. The van der Waals surface area contributed by atoms with Crippen LogP contribution in [0, 0.1) is 0 Å². The first-order valence-corrected chi connectivity index (χ1v) is 13.9. The zero-order valence-corrected chi connectivity index (χ0v) is 23.6. The van der Waals surface area contributed by atoms with Crippen molar-refractivity contribution in [3.63, 3.8) is 0 Å². The van der Waals surface area contributed by atoms with E-state index in [-0.39, 0.29) is 18.2 Å². The molecule has 1 fully saturated rings. The van der Waals surface area contributed by atoms with Crippen LogP contribution in [0.4, 0.5) is 10.7 Å². The van der Waals surface area contributed by atoms with Gasteiger partial charge < -0.3 is 19.7 Å². The molecule has 40 heavy (non-hydrogen) atoms. The molecule has 1 saturated heterocycles. The quantitative estimate of drug-likeness (QED) is 0.419. The number of hydrogen-bond acceptors (Lipinski definition) is 8. The fourth-order valence-corrected chi connectivity index (χ4v) is 4.74. The Bertz CT molecular complexity index is 1370. The highest BCUT2D eigenvalue weighted by Crippen LogP contribution is 2.30. The molecule has 1 unspecified atom stereocenters. The molecule has 4 heterocycles. The number of aromatic nitrogens is 5. The SMILES string of the molecule is CCn1cc(-c2ccnc(NC3C=C(OC4CCN(C(=O)OC(C)(C)C)CC4)C=CC3)n2)c(-c2cccnc2)n1. The summed E-state index contributed by atoms with van der Waals surface area (Å²) in [6, 6.07) is 5.80. The maximum absolute atomic E-state index is 12.4. The van der Waals surface area contributed by atoms with E-state index in [4.69, 9.17) is 19.6 Å². The molecule has 0 bridgehead atoms. The van der Waals surface area contributed by atoms with E-state index in [1.165, 1.54) is 0 Å². The van der Waals surface area contributed by atoms with Gasteiger partial charge in [-0.15, -0.1) is 0 Å². The van der Waals surface area contributed by atoms with E-state index >= 15 is 0 Å². The Balaban J connectivity index is 1.23. The number of carbonyl (C=O) groups excluding carboxylic acids is 1. The van der Waals surface area contributed by atoms with Gasteiger partial charge in [0.1, 0.15) is 23.2 Å². The van der Waals surface area contributed by atoms with Crippen molar-refractivity contribution in [1.29, 1.82) is 0 Å². The minimum absolute atomic E-state index is 0.00624. The maximum Gasteiger partial charge on any atom is 0.410 e. The van der Waals surface area contributed by atoms with Gasteiger partial charge in [-0.2, -0.15) is 5.10 Å². The first-order chi connectivity index (χ1) is 19.3. The number of carbonyl (C=O) groups is 1. The molecule has 3 aromatic heterocycles. The van der Waals surface area contributed by atoms with Gasteiger partial charge in [0.2, 0.25) is 5.95 Å². The summed E-state index contributed by atoms with van der Waals surface area (Å²) in [4.78, 5) is 27.7. The van der Waals surface area contributed by atoms with Crippen molar-refractivity contribution >= 4 is 12.0 Å². The van der Waals surface area contributed by atoms with Gasteiger partial charge in [-0.05, 0) is 64.5 Å². The number of amides is 1. The minimum atomic E-state index is -0.494. The molecule has 5 rings (SSSR count). The third-order valence-corrected chi connectivity index (χ3v) is 6.70. The lowest BCUT2D eigenvalue weighted by atomic mass is 10.1. The molecule has 1 amide bonds. The summed E-state index contributed by atoms with van der Waals surface area (Å²) in [6.07, 6.45) is 15.6. The number of pyridine rings is 1. The van der Waals surface area contributed by atoms with E-state index in [2.05, 4.69) is 34.4 Å². The Hall–Kier alpha value is -4.21. The van der Waals surface area contributed by atoms with E-state index in [0.29, 0.717) is 19.0 Å². The monoisotopic (exact) mass is 543 g/mol. The second-order valence-corrected chi connectivity index (χ2v) is 11.0. The molecule has 10 nitrogen and oxygen atoms in total. The molecule has 2 aliphatic rings. The number of hydrogen-bond donors (Lipinski definition) is 1. The molecule has 0 aromatic carbocycles. The van der Waals surface area contributed by atoms with Crippen molar-refractivity contribution in [1.82, 2.24) is 29.6 Å². The third kappa shape index (κ3) is 6.86. The van der Waals surface area contributed by atoms with Crippen LogP contribution in [0.1, 0.15) is 47.0 Å². The van der Waals surface area contributed by atoms with Crippen LogP contribution >= 0.6 is 0 Å². The van der Waals surface area contributed by atoms with Crippen molar-refractivity contribution in [3.05, 3.63) is 67.0 Å². The van der Waals surface area contributed by atoms with E-state index in [9.17, 15) is 4.79 Å². The first-order valence-electron chi connectivity index (χ1n) is 13.9. The van der Waals surface area contributed by atoms with Gasteiger partial charge in [0.05, 0.1) is 11.7 Å². The Morgan fingerprint density at radius 3 is 2.73 bits per heavy atom. The molecule has 1 atom stereocenters. The Morgan fingerprint density at radius 1 is 1.18 bits per heavy atom. The lowest BCUT2D eigenvalue weighted by Crippen LogP contribution is -2.43. The number of allylic oxidation sites excluding steroid dienone is 1. The average molecular weight is 544 g/mol. The topological polar surface area (TPSA) is 107 Å². The lowest BCUT2D eigenvalue weighted by molar-refractivity contribution is 0.00540. The predicted molar refractivity (Wildman–Crippen MR) is 153 cm³/mol. The van der Waals surface area contributed by atoms with Crippen LogP contribution in [0.25, 0.3) is 22.5 Å². The molecule has 1 N–H and O–H groups in total. The number of rotatable bonds is 7. The Morgan fingerprint density at radius 2 is 2.00 bits per heavy atom. The van der Waals surface area contributed by atoms with Crippen LogP contribution < -0.4 is 5.32 Å². The van der Waals surface area contributed by atoms with Gasteiger partial charge in [-0.3, -0.25) is 9.67 Å². The summed E-state index contributed by atoms with van der Waals surface area (Å²) in [5.41, 5.74) is 3.01. The zero-order valence-electron chi connectivity index (χ0n) is 23.6. The fraction of sp³-hybridized carbons (Fsp3) is 0.433. The highest BCUT2D eigenvalue weighted by molar-refractivity contribution is 5.78. The summed E-state index contributed by atoms with van der Waals surface area (Å²) in [6.45, 7) is 9.70. The van der Waals surface area contributed by atoms with Gasteiger partial charge in [-0.25, -0.2) is 14.8 Å². The molecule has 1 aliphatic heterocycles. The van der Waals surface area contributed by atoms with Gasteiger partial charge in [0, 0.05) is 68.4 Å². The zero-order chi connectivity index (χ0) is 28.1. The summed E-state index contributed by atoms with van der Waals surface area (Å²) in [5.74, 6) is 1.36. The number of anilines is 1. The van der Waals surface area contributed by atoms with E-state index in [1.54, 1.807) is 17.3 Å². The number of ether oxygens (including phenoxy) is 2. The molecule has 0 spiro atoms. The smallest absolute Gasteiger partial charge is 0.410 e. The number of aryl methyl sites for hydroxylation is 1. The van der Waals surface area contributed by atoms with E-state index in [1.807, 2.05) is 62.1 Å². The summed E-state index contributed by atoms with van der Waals surface area (Å²) in [7, 11) is 0. The summed E-state index contributed by atoms with van der Waals surface area (Å²) < 4.78 is 13.7. The maximum atomic E-state index is 12.4. The van der Waals surface area contributed by atoms with Crippen LogP contribution in [-0.4, -0.2) is 66.6 Å². The van der Waals surface area contributed by atoms with Gasteiger partial charge in [0.15, 0.2) is 0 Å². The second kappa shape index (κ2) is 11.9. The second-order valence-electron chi connectivity index (χ2n) is 11.0. The summed E-state index contributed by atoms with van der Waals surface area (Å²) in [5, 5.41) is 8.19. The van der Waals surface area contributed by atoms with E-state index < -0.39 is 5.60 Å². The molecule has 1 aliphatic carbocycles. The van der Waals surface area contributed by atoms with Crippen LogP contribution in [0.15, 0.2) is 67.0 Å². The normalized spacial score (nSPS) is 17.9. The number of likely N-dealkylation sites (tertiary alicyclic amines) is 1. The fourth-order valence-electron chi connectivity index (χ4n) is 4.74. The number of piperidine rings is 1. The molecule has 210 valence electrons. The molecule has 3 aromatic rings. The molecular formula is C30H37N7O3. The Kier molecular flexibility index (Phi) is 8.14. The van der Waals surface area contributed by atoms with Crippen molar-refractivity contribution in [2.75, 3.05) is 18.4 Å². The predicted octanol–water partition coefficient (Wildman–Crippen LogP) is 5.46. The van der Waals surface area contributed by atoms with Gasteiger partial charge in [-0.1, -0.05) is 6.08 Å². The van der Waals surface area contributed by atoms with Crippen molar-refractivity contribution < 1.29 is 14.3 Å². The molecule has 0 saturated carbocycles. The van der Waals surface area contributed by atoms with Crippen LogP contribution in [0.5, 0.6) is 0 Å². The Labute approximate surface area is 235 Å². The highest BCUT2D eigenvalue weighted by atomic mass is 16.6. The minimum Gasteiger partial charge on any atom is -0.491 e. The first kappa shape index (κ1) is 27.4. The standard InChI is InChI=1S/C30H37N7O3/c1-5-37-20-25(27(35-37)21-8-7-14-31-19-21)26-11-15-32-28(34-26)33-22-9-6-10-24(18-22)39-23-12-16-36(17-13-23)29(38)40-30(2,3)4/h6-8,10-11,14-15,18-20,22-23H,5,9,12-13,16-17H2,1-4H3,(H,32,33,34). The number of nitrogens with one attached hydrogen (secondary N) is 1. The van der Waals surface area contributed by atoms with E-state index in [0.717, 1.165) is 54.1 Å². The molecular weight excluding hydrogens is 506 g/mol. The lowest BCUT2D eigenvalue weighted by Gasteiger charge is -2.34. The molecule has 0 radical (unpaired) electrons. The highest BCUT2D eigenvalue weighted by Gasteiger charge is 2.28. The van der Waals surface area contributed by atoms with Crippen molar-refractivity contribution in [2.24, 2.45) is 0 Å². The van der Waals surface area contributed by atoms with Crippen LogP contribution in [0.2, 0.25) is 0 Å². The van der Waals surface area contributed by atoms with Gasteiger partial charge in [0.25, 0.3) is 0 Å². The average Bonchev–Trinajstić information content (AvgIpc) is 3.38. The summed E-state index contributed by atoms with van der Waals surface area (Å²) >= 11 is 0. The largest absolute Gasteiger partial charge is 0.491 e. The van der Waals surface area contributed by atoms with Crippen molar-refractivity contribution in [3.8, 4) is 22.5 Å². The van der Waals surface area contributed by atoms with Crippen LogP contribution in [0.3, 0.4) is 0 Å². The van der Waals surface area contributed by atoms with Crippen LogP contribution in [-0.2, 0) is 16.0 Å². The number of nitrogens with zero attached hydrogens (tertiary/aromatic N) is 6. The van der Waals surface area contributed by atoms with Crippen molar-refractivity contribution in [2.45, 2.75) is 71.2 Å². The third-order valence-electron chi connectivity index (χ3n) is 6.70.